The highest BCUT2D eigenvalue weighted by Crippen LogP contribution is 2.11. The van der Waals surface area contributed by atoms with Gasteiger partial charge in [-0.2, -0.15) is 0 Å². The van der Waals surface area contributed by atoms with Crippen LogP contribution >= 0.6 is 0 Å². The van der Waals surface area contributed by atoms with Gasteiger partial charge in [0, 0.05) is 39.1 Å². The summed E-state index contributed by atoms with van der Waals surface area (Å²) < 4.78 is 10.9. The summed E-state index contributed by atoms with van der Waals surface area (Å²) in [5.41, 5.74) is 0. The van der Waals surface area contributed by atoms with E-state index in [0.29, 0.717) is 19.6 Å². The Hall–Kier alpha value is -0.650. The SMILES string of the molecule is CC1CN(CCC(=O)N2CCOCC2)CC(C)O1. The van der Waals surface area contributed by atoms with E-state index in [4.69, 9.17) is 9.47 Å². The van der Waals surface area contributed by atoms with Crippen LogP contribution in [0.2, 0.25) is 0 Å². The predicted molar refractivity (Wildman–Crippen MR) is 68.5 cm³/mol. The number of carbonyl (C=O) groups is 1. The van der Waals surface area contributed by atoms with Gasteiger partial charge in [0.1, 0.15) is 0 Å². The molecule has 0 saturated carbocycles. The molecular weight excluding hydrogens is 232 g/mol. The van der Waals surface area contributed by atoms with E-state index >= 15 is 0 Å². The van der Waals surface area contributed by atoms with Crippen LogP contribution in [0, 0.1) is 0 Å². The summed E-state index contributed by atoms with van der Waals surface area (Å²) in [6.45, 7) is 9.73. The predicted octanol–water partition coefficient (Wildman–Crippen LogP) is 0.345. The van der Waals surface area contributed by atoms with Crippen molar-refractivity contribution in [2.75, 3.05) is 45.9 Å². The molecule has 2 rings (SSSR count). The van der Waals surface area contributed by atoms with Gasteiger partial charge in [-0.1, -0.05) is 0 Å². The molecule has 104 valence electrons. The number of ether oxygens (including phenoxy) is 2. The largest absolute Gasteiger partial charge is 0.378 e. The van der Waals surface area contributed by atoms with Crippen LogP contribution in [0.15, 0.2) is 0 Å². The highest BCUT2D eigenvalue weighted by molar-refractivity contribution is 5.76. The molecule has 0 bridgehead atoms. The van der Waals surface area contributed by atoms with Crippen LogP contribution in [0.1, 0.15) is 20.3 Å². The van der Waals surface area contributed by atoms with Crippen molar-refractivity contribution in [1.82, 2.24) is 9.80 Å². The van der Waals surface area contributed by atoms with E-state index in [1.165, 1.54) is 0 Å². The molecule has 1 amide bonds. The Balaban J connectivity index is 1.71. The molecule has 2 unspecified atom stereocenters. The quantitative estimate of drug-likeness (QED) is 0.730. The van der Waals surface area contributed by atoms with Gasteiger partial charge in [0.05, 0.1) is 25.4 Å². The van der Waals surface area contributed by atoms with Crippen molar-refractivity contribution in [2.45, 2.75) is 32.5 Å². The number of amides is 1. The lowest BCUT2D eigenvalue weighted by molar-refractivity contribution is -0.136. The third kappa shape index (κ3) is 3.93. The van der Waals surface area contributed by atoms with Crippen molar-refractivity contribution < 1.29 is 14.3 Å². The lowest BCUT2D eigenvalue weighted by Crippen LogP contribution is -2.47. The fourth-order valence-electron chi connectivity index (χ4n) is 2.69. The summed E-state index contributed by atoms with van der Waals surface area (Å²) in [5.74, 6) is 0.255. The van der Waals surface area contributed by atoms with E-state index in [0.717, 1.165) is 32.7 Å². The minimum absolute atomic E-state index is 0.255. The standard InChI is InChI=1S/C13H24N2O3/c1-11-9-14(10-12(2)18-11)4-3-13(16)15-5-7-17-8-6-15/h11-12H,3-10H2,1-2H3. The Kier molecular flexibility index (Phi) is 4.97. The van der Waals surface area contributed by atoms with Gasteiger partial charge >= 0.3 is 0 Å². The third-order valence-electron chi connectivity index (χ3n) is 3.50. The molecule has 0 aromatic rings. The summed E-state index contributed by atoms with van der Waals surface area (Å²) >= 11 is 0. The maximum atomic E-state index is 12.0. The molecule has 0 aliphatic carbocycles. The second kappa shape index (κ2) is 6.50. The molecule has 2 heterocycles. The number of hydrogen-bond donors (Lipinski definition) is 0. The maximum Gasteiger partial charge on any atom is 0.224 e. The number of morpholine rings is 2. The highest BCUT2D eigenvalue weighted by atomic mass is 16.5. The molecule has 0 radical (unpaired) electrons. The second-order valence-corrected chi connectivity index (χ2v) is 5.26. The zero-order valence-corrected chi connectivity index (χ0v) is 11.4. The van der Waals surface area contributed by atoms with Crippen LogP contribution < -0.4 is 0 Å². The van der Waals surface area contributed by atoms with Gasteiger partial charge in [-0.25, -0.2) is 0 Å². The molecule has 2 aliphatic rings. The number of nitrogens with zero attached hydrogens (tertiary/aromatic N) is 2. The highest BCUT2D eigenvalue weighted by Gasteiger charge is 2.23. The average molecular weight is 256 g/mol. The smallest absolute Gasteiger partial charge is 0.224 e. The maximum absolute atomic E-state index is 12.0. The summed E-state index contributed by atoms with van der Waals surface area (Å²) in [6.07, 6.45) is 1.15. The average Bonchev–Trinajstić information content (AvgIpc) is 2.36. The van der Waals surface area contributed by atoms with Gasteiger partial charge in [0.2, 0.25) is 5.91 Å². The zero-order chi connectivity index (χ0) is 13.0. The molecule has 0 aromatic carbocycles. The molecule has 0 aromatic heterocycles. The normalized spacial score (nSPS) is 30.4. The van der Waals surface area contributed by atoms with Crippen molar-refractivity contribution >= 4 is 5.91 Å². The van der Waals surface area contributed by atoms with Crippen LogP contribution in [-0.2, 0) is 14.3 Å². The summed E-state index contributed by atoms with van der Waals surface area (Å²) in [6, 6.07) is 0. The van der Waals surface area contributed by atoms with Gasteiger partial charge < -0.3 is 14.4 Å². The Bertz CT molecular complexity index is 269. The van der Waals surface area contributed by atoms with Crippen molar-refractivity contribution in [1.29, 1.82) is 0 Å². The summed E-state index contributed by atoms with van der Waals surface area (Å²) in [5, 5.41) is 0. The minimum Gasteiger partial charge on any atom is -0.378 e. The van der Waals surface area contributed by atoms with Gasteiger partial charge in [0.15, 0.2) is 0 Å². The van der Waals surface area contributed by atoms with E-state index in [1.807, 2.05) is 4.90 Å². The molecule has 0 N–H and O–H groups in total. The molecule has 0 spiro atoms. The van der Waals surface area contributed by atoms with Gasteiger partial charge in [-0.15, -0.1) is 0 Å². The monoisotopic (exact) mass is 256 g/mol. The lowest BCUT2D eigenvalue weighted by atomic mass is 10.2. The van der Waals surface area contributed by atoms with Crippen LogP contribution in [0.5, 0.6) is 0 Å². The lowest BCUT2D eigenvalue weighted by Gasteiger charge is -2.35. The van der Waals surface area contributed by atoms with Crippen molar-refractivity contribution in [3.05, 3.63) is 0 Å². The number of carbonyl (C=O) groups excluding carboxylic acids is 1. The van der Waals surface area contributed by atoms with Crippen LogP contribution in [0.3, 0.4) is 0 Å². The molecule has 2 saturated heterocycles. The first-order valence-corrected chi connectivity index (χ1v) is 6.88. The second-order valence-electron chi connectivity index (χ2n) is 5.26. The van der Waals surface area contributed by atoms with Crippen LogP contribution in [0.25, 0.3) is 0 Å². The van der Waals surface area contributed by atoms with E-state index in [-0.39, 0.29) is 18.1 Å². The number of hydrogen-bond acceptors (Lipinski definition) is 4. The fourth-order valence-corrected chi connectivity index (χ4v) is 2.69. The molecule has 2 fully saturated rings. The molecule has 2 aliphatic heterocycles. The zero-order valence-electron chi connectivity index (χ0n) is 11.4. The molecule has 5 nitrogen and oxygen atoms in total. The molecule has 2 atom stereocenters. The van der Waals surface area contributed by atoms with Gasteiger partial charge in [-0.05, 0) is 13.8 Å². The fraction of sp³-hybridized carbons (Fsp3) is 0.923. The van der Waals surface area contributed by atoms with E-state index in [9.17, 15) is 4.79 Å². The molecule has 5 heteroatoms. The van der Waals surface area contributed by atoms with Crippen LogP contribution in [-0.4, -0.2) is 73.9 Å². The first-order chi connectivity index (χ1) is 8.65. The van der Waals surface area contributed by atoms with E-state index < -0.39 is 0 Å². The molecular formula is C13H24N2O3. The van der Waals surface area contributed by atoms with Crippen molar-refractivity contribution in [2.24, 2.45) is 0 Å². The van der Waals surface area contributed by atoms with E-state index in [1.54, 1.807) is 0 Å². The Morgan fingerprint density at radius 1 is 1.17 bits per heavy atom. The Morgan fingerprint density at radius 3 is 2.39 bits per heavy atom. The van der Waals surface area contributed by atoms with Crippen molar-refractivity contribution in [3.8, 4) is 0 Å². The first-order valence-electron chi connectivity index (χ1n) is 6.88. The van der Waals surface area contributed by atoms with Crippen LogP contribution in [0.4, 0.5) is 0 Å². The minimum atomic E-state index is 0.255. The van der Waals surface area contributed by atoms with Crippen molar-refractivity contribution in [3.63, 3.8) is 0 Å². The van der Waals surface area contributed by atoms with E-state index in [2.05, 4.69) is 18.7 Å². The first kappa shape index (κ1) is 13.8. The van der Waals surface area contributed by atoms with Gasteiger partial charge in [0.25, 0.3) is 0 Å². The Morgan fingerprint density at radius 2 is 1.78 bits per heavy atom. The van der Waals surface area contributed by atoms with Gasteiger partial charge in [-0.3, -0.25) is 9.69 Å². The summed E-state index contributed by atoms with van der Waals surface area (Å²) in [4.78, 5) is 16.3. The third-order valence-corrected chi connectivity index (χ3v) is 3.50. The Labute approximate surface area is 109 Å². The number of rotatable bonds is 3. The topological polar surface area (TPSA) is 42.0 Å². The summed E-state index contributed by atoms with van der Waals surface area (Å²) in [7, 11) is 0. The molecule has 18 heavy (non-hydrogen) atoms.